The molecule has 1 N–H and O–H groups in total. The summed E-state index contributed by atoms with van der Waals surface area (Å²) in [5, 5.41) is 9.20. The average Bonchev–Trinajstić information content (AvgIpc) is 3.07. The number of sulfonamides is 1. The molecule has 1 aliphatic heterocycles. The fourth-order valence-electron chi connectivity index (χ4n) is 2.62. The molecule has 0 saturated heterocycles. The first-order valence-corrected chi connectivity index (χ1v) is 9.06. The molecule has 9 heteroatoms. The van der Waals surface area contributed by atoms with E-state index in [2.05, 4.69) is 0 Å². The number of carboxylic acid groups (broad SMARTS) is 1. The SMILES string of the molecule is COc1ccc(S(=O)(=O)N(CC(=O)O)c2ccc3c(c2)OCO3)cc1C. The number of carbonyl (C=O) groups is 1. The normalized spacial score (nSPS) is 12.7. The summed E-state index contributed by atoms with van der Waals surface area (Å²) in [6.07, 6.45) is 0. The Kier molecular flexibility index (Phi) is 4.64. The summed E-state index contributed by atoms with van der Waals surface area (Å²) >= 11 is 0. The monoisotopic (exact) mass is 379 g/mol. The molecule has 2 aromatic carbocycles. The molecule has 1 aliphatic rings. The fraction of sp³-hybridized carbons (Fsp3) is 0.235. The zero-order valence-electron chi connectivity index (χ0n) is 14.1. The molecule has 0 bridgehead atoms. The topological polar surface area (TPSA) is 102 Å². The summed E-state index contributed by atoms with van der Waals surface area (Å²) in [6, 6.07) is 8.81. The lowest BCUT2D eigenvalue weighted by Crippen LogP contribution is -2.35. The summed E-state index contributed by atoms with van der Waals surface area (Å²) in [4.78, 5) is 11.2. The number of rotatable bonds is 6. The molecule has 0 amide bonds. The highest BCUT2D eigenvalue weighted by Gasteiger charge is 2.29. The summed E-state index contributed by atoms with van der Waals surface area (Å²) in [7, 11) is -2.63. The molecule has 26 heavy (non-hydrogen) atoms. The predicted octanol–water partition coefficient (Wildman–Crippen LogP) is 2.01. The van der Waals surface area contributed by atoms with Gasteiger partial charge in [0.2, 0.25) is 6.79 Å². The molecule has 0 saturated carbocycles. The number of benzene rings is 2. The van der Waals surface area contributed by atoms with Crippen molar-refractivity contribution >= 4 is 21.7 Å². The van der Waals surface area contributed by atoms with E-state index in [1.165, 1.54) is 37.4 Å². The lowest BCUT2D eigenvalue weighted by Gasteiger charge is -2.23. The van der Waals surface area contributed by atoms with Gasteiger partial charge in [0.1, 0.15) is 12.3 Å². The molecule has 1 heterocycles. The van der Waals surface area contributed by atoms with E-state index in [0.29, 0.717) is 22.8 Å². The minimum absolute atomic E-state index is 0.0299. The van der Waals surface area contributed by atoms with Crippen LogP contribution in [0.2, 0.25) is 0 Å². The number of anilines is 1. The second kappa shape index (κ2) is 6.75. The standard InChI is InChI=1S/C17H17NO7S/c1-11-7-13(4-6-14(11)23-2)26(21,22)18(9-17(19)20)12-3-5-15-16(8-12)25-10-24-15/h3-8H,9-10H2,1-2H3,(H,19,20). The Morgan fingerprint density at radius 1 is 1.19 bits per heavy atom. The molecular weight excluding hydrogens is 362 g/mol. The van der Waals surface area contributed by atoms with Gasteiger partial charge in [-0.3, -0.25) is 9.10 Å². The largest absolute Gasteiger partial charge is 0.496 e. The van der Waals surface area contributed by atoms with Crippen LogP contribution in [0.3, 0.4) is 0 Å². The predicted molar refractivity (Wildman–Crippen MR) is 92.5 cm³/mol. The van der Waals surface area contributed by atoms with Crippen molar-refractivity contribution in [3.05, 3.63) is 42.0 Å². The quantitative estimate of drug-likeness (QED) is 0.819. The number of nitrogens with zero attached hydrogens (tertiary/aromatic N) is 1. The van der Waals surface area contributed by atoms with Gasteiger partial charge in [-0.25, -0.2) is 8.42 Å². The number of ether oxygens (including phenoxy) is 3. The van der Waals surface area contributed by atoms with Crippen molar-refractivity contribution in [3.8, 4) is 17.2 Å². The number of methoxy groups -OCH3 is 1. The summed E-state index contributed by atoms with van der Waals surface area (Å²) in [5.74, 6) is 0.0917. The zero-order valence-corrected chi connectivity index (χ0v) is 14.9. The number of aliphatic carboxylic acids is 1. The molecule has 3 rings (SSSR count). The molecule has 8 nitrogen and oxygen atoms in total. The van der Waals surface area contributed by atoms with Crippen LogP contribution in [0, 0.1) is 6.92 Å². The van der Waals surface area contributed by atoms with Crippen molar-refractivity contribution in [2.45, 2.75) is 11.8 Å². The van der Waals surface area contributed by atoms with Crippen LogP contribution < -0.4 is 18.5 Å². The number of hydrogen-bond donors (Lipinski definition) is 1. The number of hydrogen-bond acceptors (Lipinski definition) is 6. The Hall–Kier alpha value is -2.94. The number of carboxylic acids is 1. The van der Waals surface area contributed by atoms with Crippen molar-refractivity contribution < 1.29 is 32.5 Å². The molecule has 0 spiro atoms. The summed E-state index contributed by atoms with van der Waals surface area (Å²) in [6.45, 7) is 1.01. The van der Waals surface area contributed by atoms with Crippen LogP contribution in [-0.2, 0) is 14.8 Å². The van der Waals surface area contributed by atoms with Crippen LogP contribution in [0.5, 0.6) is 17.2 Å². The van der Waals surface area contributed by atoms with E-state index in [4.69, 9.17) is 14.2 Å². The maximum absolute atomic E-state index is 13.1. The van der Waals surface area contributed by atoms with E-state index in [1.54, 1.807) is 13.0 Å². The highest BCUT2D eigenvalue weighted by Crippen LogP contribution is 2.37. The maximum Gasteiger partial charge on any atom is 0.324 e. The van der Waals surface area contributed by atoms with Crippen LogP contribution in [-0.4, -0.2) is 39.9 Å². The van der Waals surface area contributed by atoms with Gasteiger partial charge in [0, 0.05) is 6.07 Å². The lowest BCUT2D eigenvalue weighted by atomic mass is 10.2. The lowest BCUT2D eigenvalue weighted by molar-refractivity contribution is -0.135. The van der Waals surface area contributed by atoms with Gasteiger partial charge in [-0.1, -0.05) is 0 Å². The first-order valence-electron chi connectivity index (χ1n) is 7.62. The second-order valence-electron chi connectivity index (χ2n) is 5.57. The van der Waals surface area contributed by atoms with Gasteiger partial charge < -0.3 is 19.3 Å². The third-order valence-electron chi connectivity index (χ3n) is 3.88. The molecule has 2 aromatic rings. The maximum atomic E-state index is 13.1. The van der Waals surface area contributed by atoms with Crippen molar-refractivity contribution in [2.24, 2.45) is 0 Å². The van der Waals surface area contributed by atoms with E-state index in [1.807, 2.05) is 0 Å². The van der Waals surface area contributed by atoms with Crippen LogP contribution in [0.15, 0.2) is 41.3 Å². The Morgan fingerprint density at radius 3 is 2.58 bits per heavy atom. The van der Waals surface area contributed by atoms with Crippen molar-refractivity contribution in [3.63, 3.8) is 0 Å². The number of aryl methyl sites for hydroxylation is 1. The molecule has 0 atom stereocenters. The third kappa shape index (κ3) is 3.25. The van der Waals surface area contributed by atoms with Gasteiger partial charge in [-0.2, -0.15) is 0 Å². The molecule has 0 aliphatic carbocycles. The Morgan fingerprint density at radius 2 is 1.92 bits per heavy atom. The highest BCUT2D eigenvalue weighted by atomic mass is 32.2. The first kappa shape index (κ1) is 17.9. The molecule has 0 radical (unpaired) electrons. The summed E-state index contributed by atoms with van der Waals surface area (Å²) < 4.78 is 42.6. The molecule has 0 fully saturated rings. The van der Waals surface area contributed by atoms with Gasteiger partial charge in [-0.05, 0) is 42.8 Å². The van der Waals surface area contributed by atoms with Crippen LogP contribution in [0.4, 0.5) is 5.69 Å². The number of fused-ring (bicyclic) bond motifs is 1. The minimum Gasteiger partial charge on any atom is -0.496 e. The van der Waals surface area contributed by atoms with Gasteiger partial charge >= 0.3 is 5.97 Å². The smallest absolute Gasteiger partial charge is 0.324 e. The zero-order chi connectivity index (χ0) is 18.9. The van der Waals surface area contributed by atoms with Crippen molar-refractivity contribution in [1.29, 1.82) is 0 Å². The van der Waals surface area contributed by atoms with Gasteiger partial charge in [0.05, 0.1) is 17.7 Å². The molecular formula is C17H17NO7S. The van der Waals surface area contributed by atoms with E-state index >= 15 is 0 Å². The summed E-state index contributed by atoms with van der Waals surface area (Å²) in [5.41, 5.74) is 0.791. The highest BCUT2D eigenvalue weighted by molar-refractivity contribution is 7.92. The Bertz CT molecular complexity index is 956. The van der Waals surface area contributed by atoms with E-state index in [0.717, 1.165) is 4.31 Å². The van der Waals surface area contributed by atoms with Gasteiger partial charge in [0.25, 0.3) is 10.0 Å². The van der Waals surface area contributed by atoms with E-state index in [-0.39, 0.29) is 17.4 Å². The molecule has 0 unspecified atom stereocenters. The molecule has 138 valence electrons. The van der Waals surface area contributed by atoms with Gasteiger partial charge in [0.15, 0.2) is 11.5 Å². The van der Waals surface area contributed by atoms with E-state index in [9.17, 15) is 18.3 Å². The van der Waals surface area contributed by atoms with Crippen LogP contribution >= 0.6 is 0 Å². The van der Waals surface area contributed by atoms with Crippen LogP contribution in [0.25, 0.3) is 0 Å². The fourth-order valence-corrected chi connectivity index (χ4v) is 4.11. The first-order chi connectivity index (χ1) is 12.3. The Balaban J connectivity index is 2.06. The minimum atomic E-state index is -4.11. The van der Waals surface area contributed by atoms with Crippen molar-refractivity contribution in [2.75, 3.05) is 24.8 Å². The Labute approximate surface area is 150 Å². The van der Waals surface area contributed by atoms with Crippen LogP contribution in [0.1, 0.15) is 5.56 Å². The van der Waals surface area contributed by atoms with E-state index < -0.39 is 22.5 Å². The third-order valence-corrected chi connectivity index (χ3v) is 5.65. The average molecular weight is 379 g/mol. The molecule has 0 aromatic heterocycles. The van der Waals surface area contributed by atoms with Gasteiger partial charge in [-0.15, -0.1) is 0 Å². The second-order valence-corrected chi connectivity index (χ2v) is 7.44. The van der Waals surface area contributed by atoms with Crippen molar-refractivity contribution in [1.82, 2.24) is 0 Å².